The molecule has 1 atom stereocenters. The molecule has 4 rings (SSSR count). The van der Waals surface area contributed by atoms with Crippen LogP contribution in [0.15, 0.2) is 0 Å². The molecule has 0 aromatic heterocycles. The van der Waals surface area contributed by atoms with E-state index < -0.39 is 15.3 Å². The summed E-state index contributed by atoms with van der Waals surface area (Å²) in [6, 6.07) is 0.831. The van der Waals surface area contributed by atoms with Gasteiger partial charge in [0.2, 0.25) is 15.9 Å². The molecule has 2 saturated heterocycles. The highest BCUT2D eigenvalue weighted by atomic mass is 32.2. The number of nitrogens with one attached hydrogen (secondary N) is 1. The lowest BCUT2D eigenvalue weighted by molar-refractivity contribution is -0.136. The third-order valence-corrected chi connectivity index (χ3v) is 8.68. The molecule has 26 heavy (non-hydrogen) atoms. The van der Waals surface area contributed by atoms with Crippen LogP contribution in [0, 0.1) is 5.92 Å². The van der Waals surface area contributed by atoms with Crippen molar-refractivity contribution >= 4 is 15.9 Å². The van der Waals surface area contributed by atoms with Crippen molar-refractivity contribution in [2.75, 3.05) is 26.2 Å². The number of carbonyl (C=O) groups is 1. The molecule has 0 radical (unpaired) electrons. The van der Waals surface area contributed by atoms with Gasteiger partial charge < -0.3 is 9.80 Å². The predicted molar refractivity (Wildman–Crippen MR) is 101 cm³/mol. The Morgan fingerprint density at radius 1 is 0.846 bits per heavy atom. The van der Waals surface area contributed by atoms with Crippen LogP contribution in [0.25, 0.3) is 0 Å². The third-order valence-electron chi connectivity index (χ3n) is 6.76. The third kappa shape index (κ3) is 4.25. The molecule has 7 heteroatoms. The quantitative estimate of drug-likeness (QED) is 0.785. The molecule has 1 amide bonds. The van der Waals surface area contributed by atoms with Gasteiger partial charge in [-0.15, -0.1) is 0 Å². The molecule has 4 fully saturated rings. The lowest BCUT2D eigenvalue weighted by Crippen LogP contribution is -2.52. The first-order valence-electron chi connectivity index (χ1n) is 10.6. The first kappa shape index (κ1) is 18.7. The van der Waals surface area contributed by atoms with Crippen LogP contribution in [-0.2, 0) is 14.8 Å². The summed E-state index contributed by atoms with van der Waals surface area (Å²) < 4.78 is 28.8. The summed E-state index contributed by atoms with van der Waals surface area (Å²) in [5, 5.41) is -0.442. The van der Waals surface area contributed by atoms with E-state index in [1.807, 2.05) is 4.90 Å². The number of carbonyl (C=O) groups excluding carboxylic acids is 1. The van der Waals surface area contributed by atoms with Gasteiger partial charge in [0.05, 0.1) is 5.25 Å². The van der Waals surface area contributed by atoms with E-state index in [0.29, 0.717) is 13.0 Å². The number of hydrogen-bond acceptors (Lipinski definition) is 4. The Bertz CT molecular complexity index is 606. The molecule has 0 aromatic carbocycles. The summed E-state index contributed by atoms with van der Waals surface area (Å²) in [4.78, 5) is 17.0. The first-order valence-corrected chi connectivity index (χ1v) is 12.1. The molecule has 2 aliphatic heterocycles. The molecule has 1 N–H and O–H groups in total. The van der Waals surface area contributed by atoms with Gasteiger partial charge in [0.1, 0.15) is 0 Å². The van der Waals surface area contributed by atoms with Crippen molar-refractivity contribution in [3.63, 3.8) is 0 Å². The average molecular weight is 384 g/mol. The van der Waals surface area contributed by atoms with Crippen LogP contribution in [0.1, 0.15) is 64.2 Å². The number of piperidine rings is 2. The van der Waals surface area contributed by atoms with Crippen LogP contribution in [0.2, 0.25) is 0 Å². The van der Waals surface area contributed by atoms with Gasteiger partial charge in [0.15, 0.2) is 0 Å². The molecular weight excluding hydrogens is 350 g/mol. The van der Waals surface area contributed by atoms with Gasteiger partial charge in [-0.25, -0.2) is 13.1 Å². The fourth-order valence-electron chi connectivity index (χ4n) is 4.97. The second-order valence-corrected chi connectivity index (χ2v) is 10.7. The summed E-state index contributed by atoms with van der Waals surface area (Å²) in [6.07, 6.45) is 10.1. The van der Waals surface area contributed by atoms with E-state index in [1.54, 1.807) is 0 Å². The number of amides is 1. The minimum absolute atomic E-state index is 0.0657. The van der Waals surface area contributed by atoms with Crippen LogP contribution in [0.5, 0.6) is 0 Å². The minimum atomic E-state index is -3.36. The second kappa shape index (κ2) is 7.76. The second-order valence-electron chi connectivity index (χ2n) is 8.73. The van der Waals surface area contributed by atoms with Crippen molar-refractivity contribution < 1.29 is 13.2 Å². The zero-order valence-electron chi connectivity index (χ0n) is 15.7. The standard InChI is InChI=1S/C19H33N3O3S/c23-19(15-4-1-2-5-15)22-11-3-6-18(14-22)26(24,25)20-16-9-12-21(13-10-16)17-7-8-17/h15-18,20H,1-14H2. The molecule has 0 bridgehead atoms. The lowest BCUT2D eigenvalue weighted by atomic mass is 10.0. The van der Waals surface area contributed by atoms with Gasteiger partial charge in [0, 0.05) is 31.1 Å². The van der Waals surface area contributed by atoms with Crippen molar-refractivity contribution in [1.82, 2.24) is 14.5 Å². The fraction of sp³-hybridized carbons (Fsp3) is 0.947. The Morgan fingerprint density at radius 3 is 2.19 bits per heavy atom. The Hall–Kier alpha value is -0.660. The Balaban J connectivity index is 1.31. The fourth-order valence-corrected chi connectivity index (χ4v) is 6.72. The van der Waals surface area contributed by atoms with Crippen molar-refractivity contribution in [2.24, 2.45) is 5.92 Å². The van der Waals surface area contributed by atoms with Crippen molar-refractivity contribution in [3.05, 3.63) is 0 Å². The van der Waals surface area contributed by atoms with Crippen molar-refractivity contribution in [1.29, 1.82) is 0 Å². The van der Waals surface area contributed by atoms with Crippen LogP contribution < -0.4 is 4.72 Å². The molecule has 6 nitrogen and oxygen atoms in total. The zero-order valence-corrected chi connectivity index (χ0v) is 16.6. The first-order chi connectivity index (χ1) is 12.5. The maximum absolute atomic E-state index is 12.9. The van der Waals surface area contributed by atoms with E-state index in [1.165, 1.54) is 12.8 Å². The summed E-state index contributed by atoms with van der Waals surface area (Å²) in [6.45, 7) is 3.12. The number of likely N-dealkylation sites (tertiary alicyclic amines) is 2. The van der Waals surface area contributed by atoms with Crippen molar-refractivity contribution in [3.8, 4) is 0 Å². The van der Waals surface area contributed by atoms with Crippen LogP contribution in [0.3, 0.4) is 0 Å². The summed E-state index contributed by atoms with van der Waals surface area (Å²) >= 11 is 0. The number of rotatable bonds is 5. The van der Waals surface area contributed by atoms with Crippen LogP contribution >= 0.6 is 0 Å². The number of nitrogens with zero attached hydrogens (tertiary/aromatic N) is 2. The smallest absolute Gasteiger partial charge is 0.225 e. The molecule has 4 aliphatic rings. The molecule has 1 unspecified atom stereocenters. The highest BCUT2D eigenvalue weighted by Gasteiger charge is 2.38. The molecular formula is C19H33N3O3S. The van der Waals surface area contributed by atoms with E-state index in [4.69, 9.17) is 0 Å². The summed E-state index contributed by atoms with van der Waals surface area (Å²) in [7, 11) is -3.36. The molecule has 148 valence electrons. The number of sulfonamides is 1. The Labute approximate surface area is 157 Å². The van der Waals surface area contributed by atoms with Gasteiger partial charge in [-0.3, -0.25) is 4.79 Å². The van der Waals surface area contributed by atoms with Gasteiger partial charge >= 0.3 is 0 Å². The van der Waals surface area contributed by atoms with E-state index in [0.717, 1.165) is 70.6 Å². The minimum Gasteiger partial charge on any atom is -0.341 e. The highest BCUT2D eigenvalue weighted by Crippen LogP contribution is 2.30. The van der Waals surface area contributed by atoms with E-state index >= 15 is 0 Å². The molecule has 2 saturated carbocycles. The van der Waals surface area contributed by atoms with Crippen LogP contribution in [-0.4, -0.2) is 67.6 Å². The highest BCUT2D eigenvalue weighted by molar-refractivity contribution is 7.90. The van der Waals surface area contributed by atoms with Crippen molar-refractivity contribution in [2.45, 2.75) is 81.5 Å². The van der Waals surface area contributed by atoms with Crippen LogP contribution in [0.4, 0.5) is 0 Å². The van der Waals surface area contributed by atoms with Gasteiger partial charge in [-0.05, 0) is 64.5 Å². The topological polar surface area (TPSA) is 69.7 Å². The van der Waals surface area contributed by atoms with E-state index in [-0.39, 0.29) is 17.9 Å². The van der Waals surface area contributed by atoms with Gasteiger partial charge in [-0.1, -0.05) is 12.8 Å². The SMILES string of the molecule is O=C(C1CCCC1)N1CCCC(S(=O)(=O)NC2CCN(C3CC3)CC2)C1. The maximum Gasteiger partial charge on any atom is 0.225 e. The Morgan fingerprint density at radius 2 is 1.54 bits per heavy atom. The van der Waals surface area contributed by atoms with Gasteiger partial charge in [-0.2, -0.15) is 0 Å². The van der Waals surface area contributed by atoms with E-state index in [9.17, 15) is 13.2 Å². The Kier molecular flexibility index (Phi) is 5.58. The maximum atomic E-state index is 12.9. The molecule has 2 aliphatic carbocycles. The molecule has 0 aromatic rings. The normalized spacial score (nSPS) is 30.0. The summed E-state index contributed by atoms with van der Waals surface area (Å²) in [5.41, 5.74) is 0. The van der Waals surface area contributed by atoms with E-state index in [2.05, 4.69) is 9.62 Å². The largest absolute Gasteiger partial charge is 0.341 e. The monoisotopic (exact) mass is 383 g/mol. The lowest BCUT2D eigenvalue weighted by Gasteiger charge is -2.36. The predicted octanol–water partition coefficient (Wildman–Crippen LogP) is 1.71. The number of hydrogen-bond donors (Lipinski definition) is 1. The molecule has 2 heterocycles. The van der Waals surface area contributed by atoms with Gasteiger partial charge in [0.25, 0.3) is 0 Å². The zero-order chi connectivity index (χ0) is 18.1. The average Bonchev–Trinajstić information content (AvgIpc) is 3.35. The summed E-state index contributed by atoms with van der Waals surface area (Å²) in [5.74, 6) is 0.330. The molecule has 0 spiro atoms.